The lowest BCUT2D eigenvalue weighted by Gasteiger charge is -2.13. The monoisotopic (exact) mass is 289 g/mol. The minimum Gasteiger partial charge on any atom is -0.381 e. The summed E-state index contributed by atoms with van der Waals surface area (Å²) >= 11 is 0. The molecule has 0 N–H and O–H groups in total. The van der Waals surface area contributed by atoms with Gasteiger partial charge in [-0.15, -0.1) is 0 Å². The molecule has 1 heterocycles. The quantitative estimate of drug-likeness (QED) is 0.518. The van der Waals surface area contributed by atoms with Crippen LogP contribution in [0.5, 0.6) is 0 Å². The molecule has 0 fully saturated rings. The zero-order valence-electron chi connectivity index (χ0n) is 12.6. The van der Waals surface area contributed by atoms with Crippen LogP contribution in [0.1, 0.15) is 59.7 Å². The fraction of sp³-hybridized carbons (Fsp3) is 0.529. The second kappa shape index (κ2) is 7.93. The molecule has 2 rings (SSSR count). The van der Waals surface area contributed by atoms with E-state index < -0.39 is 0 Å². The molecule has 0 radical (unpaired) electrons. The van der Waals surface area contributed by atoms with Gasteiger partial charge in [0.25, 0.3) is 11.8 Å². The summed E-state index contributed by atoms with van der Waals surface area (Å²) in [6.07, 6.45) is 5.45. The first-order valence-corrected chi connectivity index (χ1v) is 7.78. The average molecular weight is 289 g/mol. The Morgan fingerprint density at radius 2 is 1.52 bits per heavy atom. The summed E-state index contributed by atoms with van der Waals surface area (Å²) in [6.45, 7) is 3.98. The largest absolute Gasteiger partial charge is 0.381 e. The molecule has 0 spiro atoms. The lowest BCUT2D eigenvalue weighted by atomic mass is 10.1. The summed E-state index contributed by atoms with van der Waals surface area (Å²) in [5.74, 6) is -0.364. The standard InChI is InChI=1S/C17H23NO3/c1-2-3-4-7-12-21-13-8-11-18-16(19)14-9-5-6-10-15(14)17(18)20/h5-6,9-10H,2-4,7-8,11-13H2,1H3. The molecule has 0 saturated carbocycles. The van der Waals surface area contributed by atoms with Gasteiger partial charge in [0.15, 0.2) is 0 Å². The maximum absolute atomic E-state index is 12.1. The zero-order chi connectivity index (χ0) is 15.1. The molecule has 114 valence electrons. The van der Waals surface area contributed by atoms with Gasteiger partial charge in [0.1, 0.15) is 0 Å². The van der Waals surface area contributed by atoms with Crippen molar-refractivity contribution in [3.8, 4) is 0 Å². The lowest BCUT2D eigenvalue weighted by Crippen LogP contribution is -2.31. The van der Waals surface area contributed by atoms with E-state index in [0.29, 0.717) is 30.7 Å². The van der Waals surface area contributed by atoms with E-state index in [9.17, 15) is 9.59 Å². The highest BCUT2D eigenvalue weighted by Gasteiger charge is 2.34. The zero-order valence-corrected chi connectivity index (χ0v) is 12.6. The molecule has 0 aromatic heterocycles. The highest BCUT2D eigenvalue weighted by Crippen LogP contribution is 2.22. The van der Waals surface area contributed by atoms with Gasteiger partial charge in [-0.1, -0.05) is 38.3 Å². The average Bonchev–Trinajstić information content (AvgIpc) is 2.75. The molecule has 1 aliphatic rings. The third-order valence-corrected chi connectivity index (χ3v) is 3.69. The van der Waals surface area contributed by atoms with E-state index in [0.717, 1.165) is 13.0 Å². The number of benzene rings is 1. The summed E-state index contributed by atoms with van der Waals surface area (Å²) in [5, 5.41) is 0. The number of fused-ring (bicyclic) bond motifs is 1. The van der Waals surface area contributed by atoms with Gasteiger partial charge in [-0.2, -0.15) is 0 Å². The Labute approximate surface area is 126 Å². The smallest absolute Gasteiger partial charge is 0.261 e. The molecule has 2 amide bonds. The number of rotatable bonds is 9. The molecule has 0 saturated heterocycles. The van der Waals surface area contributed by atoms with Crippen LogP contribution in [0.15, 0.2) is 24.3 Å². The lowest BCUT2D eigenvalue weighted by molar-refractivity contribution is 0.0625. The second-order valence-electron chi connectivity index (χ2n) is 5.33. The first kappa shape index (κ1) is 15.7. The van der Waals surface area contributed by atoms with E-state index in [2.05, 4.69) is 6.92 Å². The summed E-state index contributed by atoms with van der Waals surface area (Å²) in [5.41, 5.74) is 1.03. The predicted octanol–water partition coefficient (Wildman–Crippen LogP) is 3.27. The summed E-state index contributed by atoms with van der Waals surface area (Å²) in [4.78, 5) is 25.5. The molecule has 4 heteroatoms. The van der Waals surface area contributed by atoms with Crippen LogP contribution in [0.25, 0.3) is 0 Å². The van der Waals surface area contributed by atoms with E-state index in [1.807, 2.05) is 0 Å². The first-order chi connectivity index (χ1) is 10.3. The van der Waals surface area contributed by atoms with Gasteiger partial charge < -0.3 is 4.74 Å². The van der Waals surface area contributed by atoms with Crippen molar-refractivity contribution in [1.29, 1.82) is 0 Å². The summed E-state index contributed by atoms with van der Waals surface area (Å²) < 4.78 is 5.54. The van der Waals surface area contributed by atoms with Gasteiger partial charge in [-0.05, 0) is 25.0 Å². The first-order valence-electron chi connectivity index (χ1n) is 7.78. The molecule has 0 bridgehead atoms. The third kappa shape index (κ3) is 3.91. The highest BCUT2D eigenvalue weighted by atomic mass is 16.5. The number of hydrogen-bond donors (Lipinski definition) is 0. The number of hydrogen-bond acceptors (Lipinski definition) is 3. The van der Waals surface area contributed by atoms with E-state index >= 15 is 0 Å². The molecular formula is C17H23NO3. The highest BCUT2D eigenvalue weighted by molar-refractivity contribution is 6.21. The minimum atomic E-state index is -0.182. The molecule has 4 nitrogen and oxygen atoms in total. The van der Waals surface area contributed by atoms with Crippen LogP contribution in [-0.4, -0.2) is 36.5 Å². The van der Waals surface area contributed by atoms with Crippen molar-refractivity contribution in [2.45, 2.75) is 39.0 Å². The number of unbranched alkanes of at least 4 members (excludes halogenated alkanes) is 3. The van der Waals surface area contributed by atoms with Gasteiger partial charge in [0.2, 0.25) is 0 Å². The van der Waals surface area contributed by atoms with Gasteiger partial charge in [-0.3, -0.25) is 14.5 Å². The van der Waals surface area contributed by atoms with E-state index in [-0.39, 0.29) is 11.8 Å². The molecule has 0 unspecified atom stereocenters. The molecule has 1 aromatic carbocycles. The Bertz CT molecular complexity index is 464. The fourth-order valence-corrected chi connectivity index (χ4v) is 2.50. The Hall–Kier alpha value is -1.68. The van der Waals surface area contributed by atoms with E-state index in [1.54, 1.807) is 24.3 Å². The fourth-order valence-electron chi connectivity index (χ4n) is 2.50. The number of imide groups is 1. The molecule has 21 heavy (non-hydrogen) atoms. The SMILES string of the molecule is CCCCCCOCCCN1C(=O)c2ccccc2C1=O. The van der Waals surface area contributed by atoms with Crippen LogP contribution in [0, 0.1) is 0 Å². The van der Waals surface area contributed by atoms with Crippen LogP contribution < -0.4 is 0 Å². The number of nitrogens with zero attached hydrogens (tertiary/aromatic N) is 1. The normalized spacial score (nSPS) is 13.9. The van der Waals surface area contributed by atoms with Crippen molar-refractivity contribution in [2.24, 2.45) is 0 Å². The third-order valence-electron chi connectivity index (χ3n) is 3.69. The maximum Gasteiger partial charge on any atom is 0.261 e. The number of ether oxygens (including phenoxy) is 1. The van der Waals surface area contributed by atoms with Gasteiger partial charge in [0, 0.05) is 19.8 Å². The Balaban J connectivity index is 1.69. The van der Waals surface area contributed by atoms with Crippen LogP contribution >= 0.6 is 0 Å². The molecule has 1 aromatic rings. The Morgan fingerprint density at radius 3 is 2.14 bits per heavy atom. The molecular weight excluding hydrogens is 266 g/mol. The van der Waals surface area contributed by atoms with Crippen molar-refractivity contribution in [1.82, 2.24) is 4.90 Å². The number of carbonyl (C=O) groups excluding carboxylic acids is 2. The van der Waals surface area contributed by atoms with E-state index in [4.69, 9.17) is 4.74 Å². The van der Waals surface area contributed by atoms with Crippen LogP contribution in [-0.2, 0) is 4.74 Å². The molecule has 0 aliphatic carbocycles. The van der Waals surface area contributed by atoms with E-state index in [1.165, 1.54) is 24.2 Å². The van der Waals surface area contributed by atoms with Crippen molar-refractivity contribution >= 4 is 11.8 Å². The van der Waals surface area contributed by atoms with Crippen molar-refractivity contribution in [3.05, 3.63) is 35.4 Å². The summed E-state index contributed by atoms with van der Waals surface area (Å²) in [6, 6.07) is 6.99. The molecule has 1 aliphatic heterocycles. The predicted molar refractivity (Wildman–Crippen MR) is 81.4 cm³/mol. The van der Waals surface area contributed by atoms with Gasteiger partial charge >= 0.3 is 0 Å². The number of carbonyl (C=O) groups is 2. The Morgan fingerprint density at radius 1 is 0.905 bits per heavy atom. The maximum atomic E-state index is 12.1. The second-order valence-corrected chi connectivity index (χ2v) is 5.33. The van der Waals surface area contributed by atoms with Crippen molar-refractivity contribution < 1.29 is 14.3 Å². The van der Waals surface area contributed by atoms with Gasteiger partial charge in [0.05, 0.1) is 11.1 Å². The minimum absolute atomic E-state index is 0.182. The van der Waals surface area contributed by atoms with Crippen LogP contribution in [0.2, 0.25) is 0 Å². The molecule has 0 atom stereocenters. The van der Waals surface area contributed by atoms with Crippen LogP contribution in [0.4, 0.5) is 0 Å². The summed E-state index contributed by atoms with van der Waals surface area (Å²) in [7, 11) is 0. The number of amides is 2. The van der Waals surface area contributed by atoms with Gasteiger partial charge in [-0.25, -0.2) is 0 Å². The topological polar surface area (TPSA) is 46.6 Å². The Kier molecular flexibility index (Phi) is 5.93. The van der Waals surface area contributed by atoms with Crippen LogP contribution in [0.3, 0.4) is 0 Å². The van der Waals surface area contributed by atoms with Crippen molar-refractivity contribution in [3.63, 3.8) is 0 Å². The van der Waals surface area contributed by atoms with Crippen molar-refractivity contribution in [2.75, 3.05) is 19.8 Å².